The predicted octanol–water partition coefficient (Wildman–Crippen LogP) is 3.94. The van der Waals surface area contributed by atoms with Crippen LogP contribution in [0.3, 0.4) is 0 Å². The van der Waals surface area contributed by atoms with Crippen molar-refractivity contribution in [3.05, 3.63) is 60.8 Å². The zero-order valence-electron chi connectivity index (χ0n) is 11.7. The monoisotopic (exact) mass is 307 g/mol. The SMILES string of the molecule is Oc1cccc(N=C2CSc3ncc(-c4ccccc4)n32)c1. The number of phenols is 1. The Kier molecular flexibility index (Phi) is 3.20. The second-order valence-electron chi connectivity index (χ2n) is 4.96. The second kappa shape index (κ2) is 5.35. The van der Waals surface area contributed by atoms with Gasteiger partial charge in [-0.05, 0) is 12.1 Å². The van der Waals surface area contributed by atoms with E-state index in [0.717, 1.165) is 33.7 Å². The first-order valence-electron chi connectivity index (χ1n) is 6.94. The molecule has 1 aromatic heterocycles. The van der Waals surface area contributed by atoms with E-state index in [4.69, 9.17) is 0 Å². The molecule has 4 rings (SSSR count). The van der Waals surface area contributed by atoms with Crippen molar-refractivity contribution in [2.24, 2.45) is 4.99 Å². The van der Waals surface area contributed by atoms with Crippen molar-refractivity contribution in [3.63, 3.8) is 0 Å². The Morgan fingerprint density at radius 2 is 1.95 bits per heavy atom. The van der Waals surface area contributed by atoms with Gasteiger partial charge in [0.05, 0.1) is 23.3 Å². The van der Waals surface area contributed by atoms with Crippen molar-refractivity contribution >= 4 is 23.3 Å². The Balaban J connectivity index is 1.81. The average molecular weight is 307 g/mol. The molecule has 3 aromatic rings. The van der Waals surface area contributed by atoms with E-state index in [1.165, 1.54) is 0 Å². The number of rotatable bonds is 2. The molecule has 1 aliphatic heterocycles. The van der Waals surface area contributed by atoms with Gasteiger partial charge in [0.1, 0.15) is 11.6 Å². The third kappa shape index (κ3) is 2.29. The Bertz CT molecular complexity index is 855. The lowest BCUT2D eigenvalue weighted by Crippen LogP contribution is -2.09. The number of imidazole rings is 1. The predicted molar refractivity (Wildman–Crippen MR) is 89.0 cm³/mol. The van der Waals surface area contributed by atoms with Crippen LogP contribution in [-0.4, -0.2) is 26.2 Å². The van der Waals surface area contributed by atoms with E-state index in [0.29, 0.717) is 0 Å². The molecule has 0 aliphatic carbocycles. The van der Waals surface area contributed by atoms with Gasteiger partial charge in [0.25, 0.3) is 0 Å². The van der Waals surface area contributed by atoms with Gasteiger partial charge < -0.3 is 5.11 Å². The summed E-state index contributed by atoms with van der Waals surface area (Å²) in [5.41, 5.74) is 2.91. The minimum Gasteiger partial charge on any atom is -0.508 e. The number of fused-ring (bicyclic) bond motifs is 1. The molecule has 108 valence electrons. The Hall–Kier alpha value is -2.53. The highest BCUT2D eigenvalue weighted by atomic mass is 32.2. The molecule has 22 heavy (non-hydrogen) atoms. The maximum Gasteiger partial charge on any atom is 0.174 e. The maximum atomic E-state index is 9.58. The summed E-state index contributed by atoms with van der Waals surface area (Å²) < 4.78 is 2.09. The summed E-state index contributed by atoms with van der Waals surface area (Å²) in [5.74, 6) is 1.93. The molecule has 0 unspecified atom stereocenters. The molecule has 0 spiro atoms. The number of benzene rings is 2. The number of aromatic hydroxyl groups is 1. The van der Waals surface area contributed by atoms with Gasteiger partial charge in [0, 0.05) is 11.6 Å². The van der Waals surface area contributed by atoms with Crippen molar-refractivity contribution < 1.29 is 5.11 Å². The van der Waals surface area contributed by atoms with Crippen molar-refractivity contribution in [3.8, 4) is 17.0 Å². The van der Waals surface area contributed by atoms with E-state index in [9.17, 15) is 5.11 Å². The number of nitrogens with zero attached hydrogens (tertiary/aromatic N) is 3. The molecule has 1 aliphatic rings. The number of phenolic OH excluding ortho intramolecular Hbond substituents is 1. The fourth-order valence-electron chi connectivity index (χ4n) is 2.49. The Morgan fingerprint density at radius 3 is 2.77 bits per heavy atom. The van der Waals surface area contributed by atoms with Gasteiger partial charge >= 0.3 is 0 Å². The lowest BCUT2D eigenvalue weighted by molar-refractivity contribution is 0.475. The first kappa shape index (κ1) is 13.2. The molecule has 0 amide bonds. The molecule has 0 atom stereocenters. The van der Waals surface area contributed by atoms with E-state index in [2.05, 4.69) is 26.7 Å². The lowest BCUT2D eigenvalue weighted by Gasteiger charge is -2.07. The van der Waals surface area contributed by atoms with Crippen LogP contribution in [0.4, 0.5) is 5.69 Å². The van der Waals surface area contributed by atoms with Crippen molar-refractivity contribution in [2.45, 2.75) is 5.16 Å². The van der Waals surface area contributed by atoms with Crippen LogP contribution >= 0.6 is 11.8 Å². The number of aromatic nitrogens is 2. The van der Waals surface area contributed by atoms with Crippen LogP contribution in [0.5, 0.6) is 5.75 Å². The third-order valence-corrected chi connectivity index (χ3v) is 4.42. The maximum absolute atomic E-state index is 9.58. The summed E-state index contributed by atoms with van der Waals surface area (Å²) in [6.07, 6.45) is 1.88. The summed E-state index contributed by atoms with van der Waals surface area (Å²) in [6, 6.07) is 17.2. The molecular formula is C17H13N3OS. The van der Waals surface area contributed by atoms with Crippen molar-refractivity contribution in [1.29, 1.82) is 0 Å². The highest BCUT2D eigenvalue weighted by molar-refractivity contribution is 8.00. The third-order valence-electron chi connectivity index (χ3n) is 3.48. The molecular weight excluding hydrogens is 294 g/mol. The van der Waals surface area contributed by atoms with Crippen LogP contribution in [0.25, 0.3) is 11.3 Å². The molecule has 0 fully saturated rings. The largest absolute Gasteiger partial charge is 0.508 e. The van der Waals surface area contributed by atoms with Gasteiger partial charge in [0.2, 0.25) is 0 Å². The Morgan fingerprint density at radius 1 is 1.09 bits per heavy atom. The van der Waals surface area contributed by atoms with Gasteiger partial charge in [-0.2, -0.15) is 0 Å². The smallest absolute Gasteiger partial charge is 0.174 e. The summed E-state index contributed by atoms with van der Waals surface area (Å²) in [4.78, 5) is 9.16. The summed E-state index contributed by atoms with van der Waals surface area (Å²) in [5, 5.41) is 10.5. The molecule has 2 heterocycles. The first-order chi connectivity index (χ1) is 10.8. The number of hydrogen-bond acceptors (Lipinski definition) is 4. The number of thioether (sulfide) groups is 1. The van der Waals surface area contributed by atoms with E-state index in [1.54, 1.807) is 30.0 Å². The van der Waals surface area contributed by atoms with Crippen LogP contribution < -0.4 is 0 Å². The average Bonchev–Trinajstić information content (AvgIpc) is 3.11. The topological polar surface area (TPSA) is 50.4 Å². The molecule has 0 radical (unpaired) electrons. The molecule has 4 nitrogen and oxygen atoms in total. The molecule has 0 saturated carbocycles. The van der Waals surface area contributed by atoms with Crippen molar-refractivity contribution in [2.75, 3.05) is 5.75 Å². The van der Waals surface area contributed by atoms with Gasteiger partial charge in [0.15, 0.2) is 5.16 Å². The molecule has 0 saturated heterocycles. The van der Waals surface area contributed by atoms with Gasteiger partial charge in [-0.15, -0.1) is 0 Å². The van der Waals surface area contributed by atoms with Crippen LogP contribution in [-0.2, 0) is 0 Å². The summed E-state index contributed by atoms with van der Waals surface area (Å²) >= 11 is 1.67. The fourth-order valence-corrected chi connectivity index (χ4v) is 3.40. The molecule has 2 aromatic carbocycles. The van der Waals surface area contributed by atoms with E-state index < -0.39 is 0 Å². The zero-order chi connectivity index (χ0) is 14.9. The van der Waals surface area contributed by atoms with E-state index >= 15 is 0 Å². The van der Waals surface area contributed by atoms with Crippen LogP contribution in [0.15, 0.2) is 70.9 Å². The first-order valence-corrected chi connectivity index (χ1v) is 7.93. The number of hydrogen-bond donors (Lipinski definition) is 1. The second-order valence-corrected chi connectivity index (χ2v) is 5.91. The highest BCUT2D eigenvalue weighted by Gasteiger charge is 2.23. The van der Waals surface area contributed by atoms with Gasteiger partial charge in [-0.1, -0.05) is 48.2 Å². The Labute approximate surface area is 132 Å². The standard InChI is InChI=1S/C17H13N3OS/c21-14-8-4-7-13(9-14)19-16-11-22-17-18-10-15(20(16)17)12-5-2-1-3-6-12/h1-10,21H,11H2. The molecule has 1 N–H and O–H groups in total. The minimum absolute atomic E-state index is 0.224. The summed E-state index contributed by atoms with van der Waals surface area (Å²) in [6.45, 7) is 0. The van der Waals surface area contributed by atoms with Crippen LogP contribution in [0, 0.1) is 0 Å². The normalized spacial score (nSPS) is 15.2. The van der Waals surface area contributed by atoms with E-state index in [1.807, 2.05) is 30.5 Å². The van der Waals surface area contributed by atoms with Gasteiger partial charge in [-0.25, -0.2) is 9.98 Å². The van der Waals surface area contributed by atoms with Crippen LogP contribution in [0.2, 0.25) is 0 Å². The number of aliphatic imine (C=N–C) groups is 1. The summed E-state index contributed by atoms with van der Waals surface area (Å²) in [7, 11) is 0. The fraction of sp³-hybridized carbons (Fsp3) is 0.0588. The zero-order valence-corrected chi connectivity index (χ0v) is 12.5. The van der Waals surface area contributed by atoms with Crippen LogP contribution in [0.1, 0.15) is 0 Å². The molecule has 5 heteroatoms. The lowest BCUT2D eigenvalue weighted by atomic mass is 10.2. The quantitative estimate of drug-likeness (QED) is 0.780. The van der Waals surface area contributed by atoms with Crippen molar-refractivity contribution in [1.82, 2.24) is 9.55 Å². The van der Waals surface area contributed by atoms with Gasteiger partial charge in [-0.3, -0.25) is 4.57 Å². The van der Waals surface area contributed by atoms with E-state index in [-0.39, 0.29) is 5.75 Å². The highest BCUT2D eigenvalue weighted by Crippen LogP contribution is 2.32. The molecule has 0 bridgehead atoms. The minimum atomic E-state index is 0.224.